The summed E-state index contributed by atoms with van der Waals surface area (Å²) in [6, 6.07) is 4.47. The van der Waals surface area contributed by atoms with Gasteiger partial charge in [0.2, 0.25) is 11.9 Å². The van der Waals surface area contributed by atoms with E-state index in [9.17, 15) is 22.8 Å². The van der Waals surface area contributed by atoms with Crippen molar-refractivity contribution in [1.82, 2.24) is 15.4 Å². The van der Waals surface area contributed by atoms with Crippen molar-refractivity contribution in [2.75, 3.05) is 36.6 Å². The third-order valence-corrected chi connectivity index (χ3v) is 4.66. The first-order valence-electron chi connectivity index (χ1n) is 9.38. The topological polar surface area (TPSA) is 99.4 Å². The number of morpholine rings is 1. The van der Waals surface area contributed by atoms with Crippen molar-refractivity contribution < 1.29 is 22.7 Å². The lowest BCUT2D eigenvalue weighted by Crippen LogP contribution is -2.38. The third kappa shape index (κ3) is 5.50. The Kier molecular flexibility index (Phi) is 6.60. The van der Waals surface area contributed by atoms with Gasteiger partial charge in [0.1, 0.15) is 0 Å². The molecule has 11 heteroatoms. The van der Waals surface area contributed by atoms with Gasteiger partial charge >= 0.3 is 6.18 Å². The number of nitrogens with one attached hydrogen (secondary N) is 3. The quantitative estimate of drug-likeness (QED) is 0.613. The normalized spacial score (nSPS) is 14.5. The molecule has 162 valence electrons. The Morgan fingerprint density at radius 1 is 1.30 bits per heavy atom. The zero-order valence-corrected chi connectivity index (χ0v) is 16.3. The van der Waals surface area contributed by atoms with Gasteiger partial charge in [0.15, 0.2) is 0 Å². The van der Waals surface area contributed by atoms with E-state index in [1.165, 1.54) is 12.1 Å². The highest BCUT2D eigenvalue weighted by molar-refractivity contribution is 5.77. The number of hydrogen-bond donors (Lipinski definition) is 3. The Balaban J connectivity index is 1.56. The SMILES string of the molecule is Cc1nc(N2CCOCC2)[nH]c(=O)c1CCC(=O)NNc1cccc(C(F)(F)F)c1. The van der Waals surface area contributed by atoms with Gasteiger partial charge in [-0.1, -0.05) is 6.07 Å². The first-order valence-corrected chi connectivity index (χ1v) is 9.38. The van der Waals surface area contributed by atoms with E-state index in [4.69, 9.17) is 4.74 Å². The number of amides is 1. The number of rotatable bonds is 6. The first kappa shape index (κ1) is 21.6. The first-order chi connectivity index (χ1) is 14.2. The molecule has 30 heavy (non-hydrogen) atoms. The molecule has 2 heterocycles. The number of hydrazine groups is 1. The second kappa shape index (κ2) is 9.16. The molecule has 1 aromatic heterocycles. The van der Waals surface area contributed by atoms with Crippen LogP contribution in [0, 0.1) is 6.92 Å². The number of carbonyl (C=O) groups excluding carboxylic acids is 1. The molecule has 0 unspecified atom stereocenters. The Bertz CT molecular complexity index is 955. The van der Waals surface area contributed by atoms with Gasteiger partial charge in [-0.25, -0.2) is 4.98 Å². The molecule has 1 aliphatic rings. The van der Waals surface area contributed by atoms with Gasteiger partial charge in [-0.05, 0) is 31.5 Å². The van der Waals surface area contributed by atoms with Gasteiger partial charge in [-0.15, -0.1) is 0 Å². The molecule has 3 N–H and O–H groups in total. The minimum Gasteiger partial charge on any atom is -0.378 e. The van der Waals surface area contributed by atoms with E-state index in [-0.39, 0.29) is 24.1 Å². The number of halogens is 3. The molecule has 3 rings (SSSR count). The van der Waals surface area contributed by atoms with E-state index in [0.29, 0.717) is 43.5 Å². The highest BCUT2D eigenvalue weighted by Crippen LogP contribution is 2.30. The van der Waals surface area contributed by atoms with Crippen molar-refractivity contribution in [3.8, 4) is 0 Å². The van der Waals surface area contributed by atoms with E-state index < -0.39 is 17.6 Å². The fourth-order valence-corrected chi connectivity index (χ4v) is 3.03. The van der Waals surface area contributed by atoms with E-state index in [0.717, 1.165) is 12.1 Å². The Morgan fingerprint density at radius 3 is 2.70 bits per heavy atom. The largest absolute Gasteiger partial charge is 0.416 e. The summed E-state index contributed by atoms with van der Waals surface area (Å²) in [5.41, 5.74) is 4.67. The van der Waals surface area contributed by atoms with Crippen LogP contribution in [0.5, 0.6) is 0 Å². The summed E-state index contributed by atoms with van der Waals surface area (Å²) in [5.74, 6) is 0.00341. The van der Waals surface area contributed by atoms with Crippen molar-refractivity contribution in [3.05, 3.63) is 51.4 Å². The number of alkyl halides is 3. The number of ether oxygens (including phenoxy) is 1. The van der Waals surface area contributed by atoms with Crippen LogP contribution in [0.25, 0.3) is 0 Å². The summed E-state index contributed by atoms with van der Waals surface area (Å²) < 4.78 is 43.5. The molecule has 0 atom stereocenters. The molecule has 1 aliphatic heterocycles. The summed E-state index contributed by atoms with van der Waals surface area (Å²) in [6.07, 6.45) is -4.36. The summed E-state index contributed by atoms with van der Waals surface area (Å²) in [7, 11) is 0. The Hall–Kier alpha value is -3.08. The molecule has 8 nitrogen and oxygen atoms in total. The summed E-state index contributed by atoms with van der Waals surface area (Å²) in [5, 5.41) is 0. The zero-order valence-electron chi connectivity index (χ0n) is 16.3. The van der Waals surface area contributed by atoms with Crippen molar-refractivity contribution in [2.45, 2.75) is 25.9 Å². The predicted molar refractivity (Wildman–Crippen MR) is 104 cm³/mol. The molecule has 0 bridgehead atoms. The third-order valence-electron chi connectivity index (χ3n) is 4.66. The molecule has 1 fully saturated rings. The van der Waals surface area contributed by atoms with Crippen LogP contribution in [-0.2, 0) is 22.1 Å². The van der Waals surface area contributed by atoms with Gasteiger partial charge < -0.3 is 9.64 Å². The number of nitrogens with zero attached hydrogens (tertiary/aromatic N) is 2. The molecule has 1 saturated heterocycles. The lowest BCUT2D eigenvalue weighted by molar-refractivity contribution is -0.137. The number of aryl methyl sites for hydroxylation is 1. The lowest BCUT2D eigenvalue weighted by Gasteiger charge is -2.27. The van der Waals surface area contributed by atoms with Crippen LogP contribution >= 0.6 is 0 Å². The maximum absolute atomic E-state index is 12.7. The number of anilines is 2. The monoisotopic (exact) mass is 425 g/mol. The summed E-state index contributed by atoms with van der Waals surface area (Å²) in [6.45, 7) is 4.08. The minimum atomic E-state index is -4.47. The molecule has 0 aliphatic carbocycles. The fourth-order valence-electron chi connectivity index (χ4n) is 3.03. The van der Waals surface area contributed by atoms with E-state index >= 15 is 0 Å². The Morgan fingerprint density at radius 2 is 2.03 bits per heavy atom. The van der Waals surface area contributed by atoms with Gasteiger partial charge in [0, 0.05) is 30.8 Å². The molecule has 0 saturated carbocycles. The molecular formula is C19H22F3N5O3. The number of carbonyl (C=O) groups is 1. The van der Waals surface area contributed by atoms with Crippen LogP contribution in [0.3, 0.4) is 0 Å². The van der Waals surface area contributed by atoms with E-state index in [1.54, 1.807) is 6.92 Å². The smallest absolute Gasteiger partial charge is 0.378 e. The molecular weight excluding hydrogens is 403 g/mol. The second-order valence-corrected chi connectivity index (χ2v) is 6.80. The molecule has 1 amide bonds. The van der Waals surface area contributed by atoms with E-state index in [2.05, 4.69) is 20.8 Å². The molecule has 0 spiro atoms. The fraction of sp³-hybridized carbons (Fsp3) is 0.421. The molecule has 1 aromatic carbocycles. The number of aromatic amines is 1. The number of hydrogen-bond acceptors (Lipinski definition) is 6. The summed E-state index contributed by atoms with van der Waals surface area (Å²) >= 11 is 0. The van der Waals surface area contributed by atoms with Crippen LogP contribution in [0.1, 0.15) is 23.2 Å². The van der Waals surface area contributed by atoms with Crippen LogP contribution in [0.4, 0.5) is 24.8 Å². The maximum atomic E-state index is 12.7. The lowest BCUT2D eigenvalue weighted by atomic mass is 10.1. The Labute approximate surface area is 170 Å². The van der Waals surface area contributed by atoms with E-state index in [1.807, 2.05) is 4.90 Å². The number of H-pyrrole nitrogens is 1. The van der Waals surface area contributed by atoms with Gasteiger partial charge in [-0.3, -0.25) is 25.4 Å². The van der Waals surface area contributed by atoms with Crippen LogP contribution in [0.2, 0.25) is 0 Å². The minimum absolute atomic E-state index is 0.0333. The van der Waals surface area contributed by atoms with Crippen molar-refractivity contribution in [3.63, 3.8) is 0 Å². The summed E-state index contributed by atoms with van der Waals surface area (Å²) in [4.78, 5) is 33.6. The highest BCUT2D eigenvalue weighted by atomic mass is 19.4. The molecule has 0 radical (unpaired) electrons. The van der Waals surface area contributed by atoms with Gasteiger partial charge in [0.25, 0.3) is 5.56 Å². The zero-order chi connectivity index (χ0) is 21.7. The average molecular weight is 425 g/mol. The maximum Gasteiger partial charge on any atom is 0.416 e. The van der Waals surface area contributed by atoms with Crippen molar-refractivity contribution in [2.24, 2.45) is 0 Å². The predicted octanol–water partition coefficient (Wildman–Crippen LogP) is 2.01. The number of aromatic nitrogens is 2. The molecule has 2 aromatic rings. The number of benzene rings is 1. The van der Waals surface area contributed by atoms with Gasteiger partial charge in [-0.2, -0.15) is 13.2 Å². The highest BCUT2D eigenvalue weighted by Gasteiger charge is 2.30. The second-order valence-electron chi connectivity index (χ2n) is 6.80. The van der Waals surface area contributed by atoms with Crippen molar-refractivity contribution >= 4 is 17.5 Å². The van der Waals surface area contributed by atoms with Gasteiger partial charge in [0.05, 0.1) is 24.5 Å². The van der Waals surface area contributed by atoms with Crippen LogP contribution in [0.15, 0.2) is 29.1 Å². The van der Waals surface area contributed by atoms with Crippen LogP contribution < -0.4 is 21.3 Å². The average Bonchev–Trinajstić information content (AvgIpc) is 2.72. The standard InChI is InChI=1S/C19H22F3N5O3/c1-12-15(17(29)24-18(23-12)27-7-9-30-10-8-27)5-6-16(28)26-25-14-4-2-3-13(11-14)19(20,21)22/h2-4,11,25H,5-10H2,1H3,(H,26,28)(H,23,24,29). The van der Waals surface area contributed by atoms with Crippen LogP contribution in [-0.4, -0.2) is 42.2 Å². The van der Waals surface area contributed by atoms with Crippen molar-refractivity contribution in [1.29, 1.82) is 0 Å².